The van der Waals surface area contributed by atoms with Crippen molar-refractivity contribution in [3.8, 4) is 0 Å². The Morgan fingerprint density at radius 3 is 2.61 bits per heavy atom. The predicted molar refractivity (Wildman–Crippen MR) is 72.9 cm³/mol. The minimum Gasteiger partial charge on any atom is -0.357 e. The number of nitrogens with zero attached hydrogens (tertiary/aromatic N) is 3. The molecule has 0 aromatic carbocycles. The molecule has 0 spiro atoms. The Morgan fingerprint density at radius 2 is 2.00 bits per heavy atom. The molecule has 4 heteroatoms. The van der Waals surface area contributed by atoms with E-state index in [1.54, 1.807) is 6.20 Å². The summed E-state index contributed by atoms with van der Waals surface area (Å²) in [6.07, 6.45) is 3.99. The zero-order chi connectivity index (χ0) is 13.0. The van der Waals surface area contributed by atoms with E-state index in [4.69, 9.17) is 0 Å². The summed E-state index contributed by atoms with van der Waals surface area (Å²) < 4.78 is 0. The molecule has 2 heterocycles. The highest BCUT2D eigenvalue weighted by Gasteiger charge is 2.23. The number of hydrogen-bond acceptors (Lipinski definition) is 3. The zero-order valence-corrected chi connectivity index (χ0v) is 11.2. The minimum atomic E-state index is 0.127. The van der Waals surface area contributed by atoms with E-state index in [0.29, 0.717) is 0 Å². The second-order valence-corrected chi connectivity index (χ2v) is 4.55. The highest BCUT2D eigenvalue weighted by molar-refractivity contribution is 5.99. The van der Waals surface area contributed by atoms with Crippen molar-refractivity contribution in [3.63, 3.8) is 0 Å². The van der Waals surface area contributed by atoms with Crippen LogP contribution in [0.25, 0.3) is 0 Å². The fourth-order valence-corrected chi connectivity index (χ4v) is 2.43. The Balaban J connectivity index is 2.28. The van der Waals surface area contributed by atoms with Crippen molar-refractivity contribution in [2.45, 2.75) is 26.7 Å². The maximum Gasteiger partial charge on any atom is 0.257 e. The van der Waals surface area contributed by atoms with E-state index in [-0.39, 0.29) is 5.91 Å². The topological polar surface area (TPSA) is 36.4 Å². The van der Waals surface area contributed by atoms with E-state index in [1.807, 2.05) is 17.0 Å². The molecule has 18 heavy (non-hydrogen) atoms. The van der Waals surface area contributed by atoms with Gasteiger partial charge in [0, 0.05) is 32.4 Å². The third-order valence-electron chi connectivity index (χ3n) is 3.47. The van der Waals surface area contributed by atoms with Gasteiger partial charge in [-0.15, -0.1) is 0 Å². The molecule has 0 atom stereocenters. The van der Waals surface area contributed by atoms with Crippen LogP contribution in [-0.4, -0.2) is 42.0 Å². The van der Waals surface area contributed by atoms with Crippen LogP contribution in [-0.2, 0) is 0 Å². The van der Waals surface area contributed by atoms with Crippen LogP contribution in [0.5, 0.6) is 0 Å². The molecule has 1 aromatic rings. The summed E-state index contributed by atoms with van der Waals surface area (Å²) in [5.41, 5.74) is 0.739. The van der Waals surface area contributed by atoms with Gasteiger partial charge in [0.05, 0.1) is 5.56 Å². The van der Waals surface area contributed by atoms with Gasteiger partial charge in [-0.2, -0.15) is 0 Å². The van der Waals surface area contributed by atoms with Gasteiger partial charge in [0.25, 0.3) is 5.91 Å². The van der Waals surface area contributed by atoms with E-state index >= 15 is 0 Å². The van der Waals surface area contributed by atoms with E-state index in [0.717, 1.165) is 50.4 Å². The van der Waals surface area contributed by atoms with Gasteiger partial charge in [-0.05, 0) is 38.8 Å². The van der Waals surface area contributed by atoms with Crippen molar-refractivity contribution in [1.29, 1.82) is 0 Å². The monoisotopic (exact) mass is 247 g/mol. The summed E-state index contributed by atoms with van der Waals surface area (Å²) in [4.78, 5) is 20.9. The molecule has 0 saturated carbocycles. The van der Waals surface area contributed by atoms with E-state index < -0.39 is 0 Å². The van der Waals surface area contributed by atoms with Crippen molar-refractivity contribution >= 4 is 11.7 Å². The van der Waals surface area contributed by atoms with E-state index in [9.17, 15) is 4.79 Å². The Kier molecular flexibility index (Phi) is 4.18. The van der Waals surface area contributed by atoms with Gasteiger partial charge in [0.1, 0.15) is 5.82 Å². The molecule has 1 aliphatic rings. The fourth-order valence-electron chi connectivity index (χ4n) is 2.43. The van der Waals surface area contributed by atoms with E-state index in [2.05, 4.69) is 23.7 Å². The number of pyridine rings is 1. The number of hydrogen-bond donors (Lipinski definition) is 0. The van der Waals surface area contributed by atoms with Crippen molar-refractivity contribution in [2.75, 3.05) is 31.1 Å². The Morgan fingerprint density at radius 1 is 1.33 bits per heavy atom. The molecular weight excluding hydrogens is 226 g/mol. The molecule has 1 amide bonds. The Bertz CT molecular complexity index is 409. The van der Waals surface area contributed by atoms with Crippen molar-refractivity contribution in [2.24, 2.45) is 0 Å². The van der Waals surface area contributed by atoms with Crippen LogP contribution in [0, 0.1) is 0 Å². The second kappa shape index (κ2) is 5.85. The second-order valence-electron chi connectivity index (χ2n) is 4.55. The maximum atomic E-state index is 12.5. The van der Waals surface area contributed by atoms with Crippen molar-refractivity contribution in [3.05, 3.63) is 23.9 Å². The molecule has 1 fully saturated rings. The quantitative estimate of drug-likeness (QED) is 0.818. The van der Waals surface area contributed by atoms with Gasteiger partial charge in [-0.3, -0.25) is 4.79 Å². The molecule has 0 bridgehead atoms. The SMILES string of the molecule is CCN(CC)c1ncccc1C(=O)N1CCCC1. The number of carbonyl (C=O) groups is 1. The average Bonchev–Trinajstić information content (AvgIpc) is 2.94. The Hall–Kier alpha value is -1.58. The van der Waals surface area contributed by atoms with Crippen molar-refractivity contribution in [1.82, 2.24) is 9.88 Å². The summed E-state index contributed by atoms with van der Waals surface area (Å²) >= 11 is 0. The standard InChI is InChI=1S/C14H21N3O/c1-3-16(4-2)13-12(8-7-9-15-13)14(18)17-10-5-6-11-17/h7-9H,3-6,10-11H2,1-2H3. The summed E-state index contributed by atoms with van der Waals surface area (Å²) in [5.74, 6) is 0.946. The summed E-state index contributed by atoms with van der Waals surface area (Å²) in [6.45, 7) is 7.67. The van der Waals surface area contributed by atoms with Crippen LogP contribution in [0.1, 0.15) is 37.0 Å². The third-order valence-corrected chi connectivity index (χ3v) is 3.47. The Labute approximate surface area is 109 Å². The normalized spacial score (nSPS) is 14.9. The molecule has 4 nitrogen and oxygen atoms in total. The van der Waals surface area contributed by atoms with Crippen molar-refractivity contribution < 1.29 is 4.79 Å². The third kappa shape index (κ3) is 2.47. The fraction of sp³-hybridized carbons (Fsp3) is 0.571. The molecular formula is C14H21N3O. The van der Waals surface area contributed by atoms with Crippen LogP contribution in [0.2, 0.25) is 0 Å². The molecule has 98 valence electrons. The first-order valence-electron chi connectivity index (χ1n) is 6.77. The summed E-state index contributed by atoms with van der Waals surface area (Å²) in [7, 11) is 0. The van der Waals surface area contributed by atoms with Crippen LogP contribution in [0.4, 0.5) is 5.82 Å². The molecule has 1 aromatic heterocycles. The molecule has 0 unspecified atom stereocenters. The zero-order valence-electron chi connectivity index (χ0n) is 11.2. The lowest BCUT2D eigenvalue weighted by atomic mass is 10.2. The first kappa shape index (κ1) is 12.9. The highest BCUT2D eigenvalue weighted by Crippen LogP contribution is 2.21. The van der Waals surface area contributed by atoms with E-state index in [1.165, 1.54) is 0 Å². The van der Waals surface area contributed by atoms with Gasteiger partial charge in [0.2, 0.25) is 0 Å². The minimum absolute atomic E-state index is 0.127. The summed E-state index contributed by atoms with van der Waals surface area (Å²) in [6, 6.07) is 3.73. The first-order chi connectivity index (χ1) is 8.77. The average molecular weight is 247 g/mol. The maximum absolute atomic E-state index is 12.5. The number of anilines is 1. The highest BCUT2D eigenvalue weighted by atomic mass is 16.2. The number of amides is 1. The summed E-state index contributed by atoms with van der Waals surface area (Å²) in [5, 5.41) is 0. The molecule has 1 aliphatic heterocycles. The lowest BCUT2D eigenvalue weighted by molar-refractivity contribution is 0.0793. The van der Waals surface area contributed by atoms with Crippen LogP contribution >= 0.6 is 0 Å². The molecule has 0 N–H and O–H groups in total. The lowest BCUT2D eigenvalue weighted by Gasteiger charge is -2.24. The van der Waals surface area contributed by atoms with Gasteiger partial charge in [-0.1, -0.05) is 0 Å². The van der Waals surface area contributed by atoms with Crippen LogP contribution < -0.4 is 4.90 Å². The number of likely N-dealkylation sites (tertiary alicyclic amines) is 1. The number of rotatable bonds is 4. The largest absolute Gasteiger partial charge is 0.357 e. The van der Waals surface area contributed by atoms with Gasteiger partial charge >= 0.3 is 0 Å². The lowest BCUT2D eigenvalue weighted by Crippen LogP contribution is -2.31. The van der Waals surface area contributed by atoms with Gasteiger partial charge in [-0.25, -0.2) is 4.98 Å². The molecule has 0 radical (unpaired) electrons. The molecule has 0 aliphatic carbocycles. The first-order valence-corrected chi connectivity index (χ1v) is 6.77. The smallest absolute Gasteiger partial charge is 0.257 e. The molecule has 1 saturated heterocycles. The molecule has 2 rings (SSSR count). The predicted octanol–water partition coefficient (Wildman–Crippen LogP) is 2.16. The number of aromatic nitrogens is 1. The number of carbonyl (C=O) groups excluding carboxylic acids is 1. The van der Waals surface area contributed by atoms with Crippen LogP contribution in [0.15, 0.2) is 18.3 Å². The van der Waals surface area contributed by atoms with Gasteiger partial charge in [0.15, 0.2) is 0 Å². The van der Waals surface area contributed by atoms with Crippen LogP contribution in [0.3, 0.4) is 0 Å². The van der Waals surface area contributed by atoms with Gasteiger partial charge < -0.3 is 9.80 Å².